The Bertz CT molecular complexity index is 421. The molecule has 18 heavy (non-hydrogen) atoms. The zero-order chi connectivity index (χ0) is 13.0. The smallest absolute Gasteiger partial charge is 0.226 e. The van der Waals surface area contributed by atoms with E-state index in [0.717, 1.165) is 25.8 Å². The molecule has 1 saturated heterocycles. The number of nitrogen functional groups attached to an aromatic ring is 1. The number of nitrogens with two attached hydrogens (primary N) is 1. The number of nitrogens with zero attached hydrogens (tertiary/aromatic N) is 3. The summed E-state index contributed by atoms with van der Waals surface area (Å²) in [7, 11) is 0. The lowest BCUT2D eigenvalue weighted by Crippen LogP contribution is -2.41. The van der Waals surface area contributed by atoms with Crippen LogP contribution in [-0.4, -0.2) is 40.1 Å². The molecule has 1 aromatic heterocycles. The van der Waals surface area contributed by atoms with E-state index in [-0.39, 0.29) is 18.5 Å². The van der Waals surface area contributed by atoms with Crippen molar-refractivity contribution in [3.8, 4) is 0 Å². The van der Waals surface area contributed by atoms with Gasteiger partial charge < -0.3 is 15.7 Å². The first-order valence-corrected chi connectivity index (χ1v) is 6.27. The minimum atomic E-state index is -0.0469. The van der Waals surface area contributed by atoms with Crippen molar-refractivity contribution in [1.82, 2.24) is 9.97 Å². The van der Waals surface area contributed by atoms with Crippen LogP contribution >= 0.6 is 0 Å². The number of hydrogen-bond acceptors (Lipinski definition) is 5. The first-order valence-electron chi connectivity index (χ1n) is 6.27. The van der Waals surface area contributed by atoms with E-state index < -0.39 is 0 Å². The Morgan fingerprint density at radius 2 is 2.39 bits per heavy atom. The molecule has 2 rings (SSSR count). The highest BCUT2D eigenvalue weighted by atomic mass is 16.3. The van der Waals surface area contributed by atoms with Gasteiger partial charge in [-0.1, -0.05) is 0 Å². The van der Waals surface area contributed by atoms with E-state index in [1.165, 1.54) is 6.42 Å². The number of rotatable bonds is 4. The van der Waals surface area contributed by atoms with E-state index in [9.17, 15) is 0 Å². The van der Waals surface area contributed by atoms with Gasteiger partial charge in [0.05, 0.1) is 0 Å². The molecule has 1 aliphatic rings. The van der Waals surface area contributed by atoms with E-state index in [0.29, 0.717) is 11.6 Å². The van der Waals surface area contributed by atoms with E-state index in [2.05, 4.69) is 14.9 Å². The van der Waals surface area contributed by atoms with E-state index in [4.69, 9.17) is 16.2 Å². The Labute approximate surface area is 106 Å². The monoisotopic (exact) mass is 249 g/mol. The fourth-order valence-electron chi connectivity index (χ4n) is 2.35. The van der Waals surface area contributed by atoms with E-state index in [1.807, 2.05) is 0 Å². The second kappa shape index (κ2) is 5.77. The molecule has 0 amide bonds. The molecular formula is C12H19N5O. The molecule has 1 unspecified atom stereocenters. The van der Waals surface area contributed by atoms with Gasteiger partial charge >= 0.3 is 0 Å². The molecule has 2 heterocycles. The van der Waals surface area contributed by atoms with Crippen LogP contribution in [0.4, 0.5) is 5.95 Å². The lowest BCUT2D eigenvalue weighted by Gasteiger charge is -2.35. The Balaban J connectivity index is 2.22. The number of hydrogen-bond donors (Lipinski definition) is 3. The summed E-state index contributed by atoms with van der Waals surface area (Å²) in [5.74, 6) is 0.565. The number of aromatic nitrogens is 2. The third-order valence-electron chi connectivity index (χ3n) is 3.27. The average molecular weight is 249 g/mol. The molecule has 6 nitrogen and oxygen atoms in total. The summed E-state index contributed by atoms with van der Waals surface area (Å²) in [4.78, 5) is 10.7. The highest BCUT2D eigenvalue weighted by molar-refractivity contribution is 5.93. The highest BCUT2D eigenvalue weighted by Gasteiger charge is 2.24. The third-order valence-corrected chi connectivity index (χ3v) is 3.27. The molecule has 0 bridgehead atoms. The summed E-state index contributed by atoms with van der Waals surface area (Å²) in [6, 6.07) is 1.92. The van der Waals surface area contributed by atoms with Crippen LogP contribution in [0.2, 0.25) is 0 Å². The molecule has 0 radical (unpaired) electrons. The fourth-order valence-corrected chi connectivity index (χ4v) is 2.35. The lowest BCUT2D eigenvalue weighted by molar-refractivity contribution is 0.261. The molecule has 1 aromatic rings. The molecule has 0 aliphatic carbocycles. The standard InChI is InChI=1S/C12H19N5O/c13-11(14)10-4-6-15-12(16-10)17-7-2-1-3-9(17)5-8-18/h4,6,9,18H,1-3,5,7-8H2,(H3,13,14). The molecular weight excluding hydrogens is 230 g/mol. The molecule has 1 fully saturated rings. The lowest BCUT2D eigenvalue weighted by atomic mass is 10.0. The molecule has 0 saturated carbocycles. The fraction of sp³-hybridized carbons (Fsp3) is 0.583. The predicted octanol–water partition coefficient (Wildman–Crippen LogP) is 0.502. The maximum atomic E-state index is 9.10. The summed E-state index contributed by atoms with van der Waals surface area (Å²) in [6.45, 7) is 1.07. The number of amidine groups is 1. The van der Waals surface area contributed by atoms with Gasteiger partial charge in [-0.15, -0.1) is 0 Å². The maximum Gasteiger partial charge on any atom is 0.226 e. The maximum absolute atomic E-state index is 9.10. The summed E-state index contributed by atoms with van der Waals surface area (Å²) < 4.78 is 0. The van der Waals surface area contributed by atoms with Crippen LogP contribution in [0.25, 0.3) is 0 Å². The summed E-state index contributed by atoms with van der Waals surface area (Å²) in [5, 5.41) is 16.5. The molecule has 4 N–H and O–H groups in total. The normalized spacial score (nSPS) is 19.8. The molecule has 0 aromatic carbocycles. The van der Waals surface area contributed by atoms with Crippen LogP contribution in [0.1, 0.15) is 31.4 Å². The third kappa shape index (κ3) is 2.76. The van der Waals surface area contributed by atoms with Gasteiger partial charge in [0.15, 0.2) is 0 Å². The van der Waals surface area contributed by atoms with E-state index in [1.54, 1.807) is 12.3 Å². The van der Waals surface area contributed by atoms with Crippen molar-refractivity contribution in [3.05, 3.63) is 18.0 Å². The predicted molar refractivity (Wildman–Crippen MR) is 69.7 cm³/mol. The van der Waals surface area contributed by atoms with Gasteiger partial charge in [-0.25, -0.2) is 9.97 Å². The van der Waals surface area contributed by atoms with Crippen LogP contribution in [0, 0.1) is 5.41 Å². The van der Waals surface area contributed by atoms with Gasteiger partial charge in [-0.2, -0.15) is 0 Å². The van der Waals surface area contributed by atoms with Crippen molar-refractivity contribution in [1.29, 1.82) is 5.41 Å². The molecule has 1 aliphatic heterocycles. The SMILES string of the molecule is N=C(N)c1ccnc(N2CCCCC2CCO)n1. The number of aliphatic hydroxyl groups is 1. The van der Waals surface area contributed by atoms with Crippen molar-refractivity contribution in [3.63, 3.8) is 0 Å². The quantitative estimate of drug-likeness (QED) is 0.533. The minimum absolute atomic E-state index is 0.0469. The zero-order valence-corrected chi connectivity index (χ0v) is 10.3. The molecule has 0 spiro atoms. The van der Waals surface area contributed by atoms with Gasteiger partial charge in [0, 0.05) is 25.4 Å². The minimum Gasteiger partial charge on any atom is -0.396 e. The van der Waals surface area contributed by atoms with Crippen molar-refractivity contribution in [2.75, 3.05) is 18.1 Å². The summed E-state index contributed by atoms with van der Waals surface area (Å²) >= 11 is 0. The zero-order valence-electron chi connectivity index (χ0n) is 10.3. The molecule has 6 heteroatoms. The Morgan fingerprint density at radius 1 is 1.56 bits per heavy atom. The largest absolute Gasteiger partial charge is 0.396 e. The first-order chi connectivity index (χ1) is 8.72. The Morgan fingerprint density at radius 3 is 3.11 bits per heavy atom. The number of anilines is 1. The Hall–Kier alpha value is -1.69. The van der Waals surface area contributed by atoms with Crippen LogP contribution < -0.4 is 10.6 Å². The molecule has 98 valence electrons. The second-order valence-corrected chi connectivity index (χ2v) is 4.51. The van der Waals surface area contributed by atoms with Crippen LogP contribution in [0.3, 0.4) is 0 Å². The van der Waals surface area contributed by atoms with E-state index >= 15 is 0 Å². The van der Waals surface area contributed by atoms with Crippen LogP contribution in [0.5, 0.6) is 0 Å². The summed E-state index contributed by atoms with van der Waals surface area (Å²) in [6.07, 6.45) is 5.69. The van der Waals surface area contributed by atoms with Gasteiger partial charge in [-0.05, 0) is 31.7 Å². The summed E-state index contributed by atoms with van der Waals surface area (Å²) in [5.41, 5.74) is 5.89. The topological polar surface area (TPSA) is 99.1 Å². The van der Waals surface area contributed by atoms with Crippen molar-refractivity contribution in [2.24, 2.45) is 5.73 Å². The number of piperidine rings is 1. The van der Waals surface area contributed by atoms with Crippen molar-refractivity contribution < 1.29 is 5.11 Å². The highest BCUT2D eigenvalue weighted by Crippen LogP contribution is 2.23. The molecule has 1 atom stereocenters. The van der Waals surface area contributed by atoms with Gasteiger partial charge in [-0.3, -0.25) is 5.41 Å². The van der Waals surface area contributed by atoms with Gasteiger partial charge in [0.1, 0.15) is 11.5 Å². The number of aliphatic hydroxyl groups excluding tert-OH is 1. The van der Waals surface area contributed by atoms with Gasteiger partial charge in [0.2, 0.25) is 5.95 Å². The second-order valence-electron chi connectivity index (χ2n) is 4.51. The number of nitrogens with one attached hydrogen (secondary N) is 1. The van der Waals surface area contributed by atoms with Crippen molar-refractivity contribution in [2.45, 2.75) is 31.7 Å². The van der Waals surface area contributed by atoms with Gasteiger partial charge in [0.25, 0.3) is 0 Å². The first kappa shape index (κ1) is 12.8. The van der Waals surface area contributed by atoms with Crippen LogP contribution in [0.15, 0.2) is 12.3 Å². The van der Waals surface area contributed by atoms with Crippen LogP contribution in [-0.2, 0) is 0 Å². The van der Waals surface area contributed by atoms with Crippen molar-refractivity contribution >= 4 is 11.8 Å². The Kier molecular flexibility index (Phi) is 4.09. The average Bonchev–Trinajstić information content (AvgIpc) is 2.40.